The Kier molecular flexibility index (Phi) is 2.34. The molecule has 1 aromatic heterocycles. The molecule has 0 aliphatic carbocycles. The van der Waals surface area contributed by atoms with Crippen LogP contribution in [0.5, 0.6) is 0 Å². The van der Waals surface area contributed by atoms with Crippen molar-refractivity contribution in [1.29, 1.82) is 0 Å². The summed E-state index contributed by atoms with van der Waals surface area (Å²) in [7, 11) is 0. The average Bonchev–Trinajstić information content (AvgIpc) is 2.44. The van der Waals surface area contributed by atoms with Crippen molar-refractivity contribution in [2.75, 3.05) is 0 Å². The molecule has 1 amide bonds. The Bertz CT molecular complexity index is 727. The van der Waals surface area contributed by atoms with Crippen LogP contribution in [0.2, 0.25) is 0 Å². The minimum absolute atomic E-state index is 0.325. The maximum atomic E-state index is 11.7. The summed E-state index contributed by atoms with van der Waals surface area (Å²) in [6.45, 7) is 0. The van der Waals surface area contributed by atoms with Gasteiger partial charge in [0.15, 0.2) is 0 Å². The Morgan fingerprint density at radius 3 is 1.89 bits per heavy atom. The minimum atomic E-state index is -0.759. The molecule has 0 aliphatic rings. The molecular formula is C14H8N2O2. The Hall–Kier alpha value is -2.62. The van der Waals surface area contributed by atoms with Crippen LogP contribution in [0, 0.1) is 4.91 Å². The number of carbonyl (C=O) groups is 1. The molecule has 18 heavy (non-hydrogen) atoms. The van der Waals surface area contributed by atoms with E-state index in [2.05, 4.69) is 10.2 Å². The van der Waals surface area contributed by atoms with Gasteiger partial charge >= 0.3 is 5.91 Å². The van der Waals surface area contributed by atoms with Gasteiger partial charge in [-0.25, -0.2) is 4.98 Å². The third kappa shape index (κ3) is 1.47. The highest BCUT2D eigenvalue weighted by molar-refractivity contribution is 6.16. The molecule has 3 aromatic rings. The quantitative estimate of drug-likeness (QED) is 0.481. The third-order valence-electron chi connectivity index (χ3n) is 2.88. The molecule has 4 nitrogen and oxygen atoms in total. The number of amides is 1. The van der Waals surface area contributed by atoms with E-state index in [1.807, 2.05) is 24.3 Å². The van der Waals surface area contributed by atoms with Crippen LogP contribution in [0.1, 0.15) is 10.4 Å². The number of pyridine rings is 1. The molecule has 0 atom stereocenters. The molecule has 3 rings (SSSR count). The van der Waals surface area contributed by atoms with Gasteiger partial charge in [0.25, 0.3) is 0 Å². The smallest absolute Gasteiger partial charge is 0.263 e. The van der Waals surface area contributed by atoms with Gasteiger partial charge in [-0.05, 0) is 12.1 Å². The van der Waals surface area contributed by atoms with Gasteiger partial charge < -0.3 is 0 Å². The Morgan fingerprint density at radius 1 is 0.889 bits per heavy atom. The van der Waals surface area contributed by atoms with E-state index in [0.29, 0.717) is 27.4 Å². The summed E-state index contributed by atoms with van der Waals surface area (Å²) >= 11 is 0. The van der Waals surface area contributed by atoms with Crippen molar-refractivity contribution in [3.8, 4) is 0 Å². The van der Waals surface area contributed by atoms with E-state index >= 15 is 0 Å². The van der Waals surface area contributed by atoms with Gasteiger partial charge in [-0.2, -0.15) is 0 Å². The molecule has 1 heterocycles. The van der Waals surface area contributed by atoms with Crippen LogP contribution in [0.3, 0.4) is 0 Å². The highest BCUT2D eigenvalue weighted by atomic mass is 16.3. The fraction of sp³-hybridized carbons (Fsp3) is 0. The first-order valence-electron chi connectivity index (χ1n) is 5.46. The normalized spacial score (nSPS) is 10.7. The summed E-state index contributed by atoms with van der Waals surface area (Å²) in [4.78, 5) is 26.8. The fourth-order valence-electron chi connectivity index (χ4n) is 2.12. The number of fused-ring (bicyclic) bond motifs is 2. The minimum Gasteiger partial charge on any atom is -0.263 e. The maximum Gasteiger partial charge on any atom is 0.318 e. The molecule has 0 N–H and O–H groups in total. The molecule has 0 saturated carbocycles. The predicted molar refractivity (Wildman–Crippen MR) is 69.4 cm³/mol. The molecule has 0 radical (unpaired) electrons. The van der Waals surface area contributed by atoms with Gasteiger partial charge in [-0.1, -0.05) is 36.4 Å². The average molecular weight is 236 g/mol. The Balaban J connectivity index is 2.57. The van der Waals surface area contributed by atoms with E-state index in [-0.39, 0.29) is 0 Å². The van der Waals surface area contributed by atoms with Crippen LogP contribution in [0.4, 0.5) is 0 Å². The van der Waals surface area contributed by atoms with E-state index in [0.717, 1.165) is 0 Å². The molecule has 86 valence electrons. The summed E-state index contributed by atoms with van der Waals surface area (Å²) in [6.07, 6.45) is 0. The van der Waals surface area contributed by atoms with Crippen molar-refractivity contribution in [2.45, 2.75) is 0 Å². The number of hydrogen-bond donors (Lipinski definition) is 0. The Labute approximate surface area is 102 Å². The lowest BCUT2D eigenvalue weighted by Crippen LogP contribution is -1.98. The van der Waals surface area contributed by atoms with Crippen LogP contribution in [-0.4, -0.2) is 10.9 Å². The monoisotopic (exact) mass is 236 g/mol. The lowest BCUT2D eigenvalue weighted by atomic mass is 10.0. The van der Waals surface area contributed by atoms with Gasteiger partial charge in [-0.15, -0.1) is 4.91 Å². The van der Waals surface area contributed by atoms with Crippen molar-refractivity contribution in [2.24, 2.45) is 5.18 Å². The van der Waals surface area contributed by atoms with Crippen LogP contribution in [0.15, 0.2) is 53.7 Å². The number of nitrogens with zero attached hydrogens (tertiary/aromatic N) is 2. The first-order valence-corrected chi connectivity index (χ1v) is 5.46. The van der Waals surface area contributed by atoms with E-state index in [4.69, 9.17) is 0 Å². The van der Waals surface area contributed by atoms with E-state index < -0.39 is 5.91 Å². The molecule has 4 heteroatoms. The van der Waals surface area contributed by atoms with Crippen molar-refractivity contribution >= 4 is 27.7 Å². The SMILES string of the molecule is O=NC(=O)c1c2ccccc2nc2ccccc12. The van der Waals surface area contributed by atoms with Gasteiger partial charge in [0, 0.05) is 15.9 Å². The first kappa shape index (κ1) is 10.5. The number of carbonyl (C=O) groups excluding carboxylic acids is 1. The zero-order valence-electron chi connectivity index (χ0n) is 9.33. The second-order valence-corrected chi connectivity index (χ2v) is 3.92. The third-order valence-corrected chi connectivity index (χ3v) is 2.88. The van der Waals surface area contributed by atoms with Gasteiger partial charge in [0.2, 0.25) is 0 Å². The van der Waals surface area contributed by atoms with Crippen molar-refractivity contribution in [3.63, 3.8) is 0 Å². The number of hydrogen-bond acceptors (Lipinski definition) is 3. The zero-order chi connectivity index (χ0) is 12.5. The molecule has 0 fully saturated rings. The largest absolute Gasteiger partial charge is 0.318 e. The molecule has 0 spiro atoms. The summed E-state index contributed by atoms with van der Waals surface area (Å²) in [6, 6.07) is 14.5. The predicted octanol–water partition coefficient (Wildman–Crippen LogP) is 3.29. The number of nitroso groups, excluding NO2 is 1. The molecule has 0 unspecified atom stereocenters. The molecule has 0 aliphatic heterocycles. The number of benzene rings is 2. The maximum absolute atomic E-state index is 11.7. The van der Waals surface area contributed by atoms with Crippen LogP contribution in [0.25, 0.3) is 21.8 Å². The van der Waals surface area contributed by atoms with E-state index in [1.165, 1.54) is 0 Å². The lowest BCUT2D eigenvalue weighted by molar-refractivity contribution is 0.100. The summed E-state index contributed by atoms with van der Waals surface area (Å²) in [5.74, 6) is -0.759. The first-order chi connectivity index (χ1) is 8.81. The topological polar surface area (TPSA) is 59.4 Å². The number of aromatic nitrogens is 1. The van der Waals surface area contributed by atoms with Gasteiger partial charge in [0.05, 0.1) is 16.6 Å². The highest BCUT2D eigenvalue weighted by Gasteiger charge is 2.15. The molecule has 0 bridgehead atoms. The summed E-state index contributed by atoms with van der Waals surface area (Å²) in [5.41, 5.74) is 1.69. The zero-order valence-corrected chi connectivity index (χ0v) is 9.33. The highest BCUT2D eigenvalue weighted by Crippen LogP contribution is 2.26. The van der Waals surface area contributed by atoms with Crippen LogP contribution in [-0.2, 0) is 0 Å². The van der Waals surface area contributed by atoms with Crippen molar-refractivity contribution in [3.05, 3.63) is 59.0 Å². The molecule has 2 aromatic carbocycles. The van der Waals surface area contributed by atoms with Gasteiger partial charge in [0.1, 0.15) is 0 Å². The summed E-state index contributed by atoms with van der Waals surface area (Å²) < 4.78 is 0. The Morgan fingerprint density at radius 2 is 1.39 bits per heavy atom. The standard InChI is InChI=1S/C14H8N2O2/c17-14(16-18)13-9-5-1-3-7-11(9)15-12-8-4-2-6-10(12)13/h1-8H. The fourth-order valence-corrected chi connectivity index (χ4v) is 2.12. The van der Waals surface area contributed by atoms with Crippen molar-refractivity contribution in [1.82, 2.24) is 4.98 Å². The number of rotatable bonds is 1. The number of para-hydroxylation sites is 2. The lowest BCUT2D eigenvalue weighted by Gasteiger charge is -2.06. The van der Waals surface area contributed by atoms with Crippen LogP contribution >= 0.6 is 0 Å². The second-order valence-electron chi connectivity index (χ2n) is 3.92. The van der Waals surface area contributed by atoms with Gasteiger partial charge in [-0.3, -0.25) is 4.79 Å². The second kappa shape index (κ2) is 4.00. The van der Waals surface area contributed by atoms with E-state index in [9.17, 15) is 9.70 Å². The van der Waals surface area contributed by atoms with E-state index in [1.54, 1.807) is 24.3 Å². The summed E-state index contributed by atoms with van der Waals surface area (Å²) in [5, 5.41) is 3.85. The molecular weight excluding hydrogens is 228 g/mol. The van der Waals surface area contributed by atoms with Crippen molar-refractivity contribution < 1.29 is 4.79 Å². The van der Waals surface area contributed by atoms with Crippen LogP contribution < -0.4 is 0 Å². The molecule has 0 saturated heterocycles.